The standard InChI is InChI=1S/C13H14O5/c1-16-12(14)8-5-10-3-6-11(7-4-10)18-9-13(15)17-2/h3-8H,9H2,1-2H3/b8-5+. The molecule has 5 nitrogen and oxygen atoms in total. The van der Waals surface area contributed by atoms with Gasteiger partial charge in [0.1, 0.15) is 5.75 Å². The maximum Gasteiger partial charge on any atom is 0.343 e. The zero-order valence-electron chi connectivity index (χ0n) is 10.2. The van der Waals surface area contributed by atoms with Crippen LogP contribution in [0, 0.1) is 0 Å². The van der Waals surface area contributed by atoms with Crippen LogP contribution in [-0.4, -0.2) is 32.8 Å². The predicted octanol–water partition coefficient (Wildman–Crippen LogP) is 1.42. The molecule has 0 saturated carbocycles. The highest BCUT2D eigenvalue weighted by Gasteiger charge is 2.01. The van der Waals surface area contributed by atoms with Crippen LogP contribution in [0.2, 0.25) is 0 Å². The van der Waals surface area contributed by atoms with Gasteiger partial charge in [-0.2, -0.15) is 0 Å². The van der Waals surface area contributed by atoms with Gasteiger partial charge < -0.3 is 14.2 Å². The number of esters is 2. The molecule has 1 aromatic rings. The van der Waals surface area contributed by atoms with E-state index in [-0.39, 0.29) is 6.61 Å². The van der Waals surface area contributed by atoms with Gasteiger partial charge in [0.25, 0.3) is 0 Å². The average molecular weight is 250 g/mol. The first-order chi connectivity index (χ1) is 8.65. The second kappa shape index (κ2) is 7.11. The Labute approximate surface area is 105 Å². The quantitative estimate of drug-likeness (QED) is 0.584. The molecule has 0 aliphatic carbocycles. The number of carbonyl (C=O) groups is 2. The summed E-state index contributed by atoms with van der Waals surface area (Å²) < 4.78 is 14.1. The molecule has 18 heavy (non-hydrogen) atoms. The fraction of sp³-hybridized carbons (Fsp3) is 0.231. The largest absolute Gasteiger partial charge is 0.482 e. The molecule has 0 aromatic heterocycles. The van der Waals surface area contributed by atoms with Crippen LogP contribution in [0.3, 0.4) is 0 Å². The summed E-state index contributed by atoms with van der Waals surface area (Å²) in [6, 6.07) is 6.90. The van der Waals surface area contributed by atoms with E-state index in [0.29, 0.717) is 5.75 Å². The highest BCUT2D eigenvalue weighted by atomic mass is 16.6. The summed E-state index contributed by atoms with van der Waals surface area (Å²) in [6.07, 6.45) is 2.94. The number of carbonyl (C=O) groups excluding carboxylic acids is 2. The van der Waals surface area contributed by atoms with Crippen molar-refractivity contribution >= 4 is 18.0 Å². The highest BCUT2D eigenvalue weighted by Crippen LogP contribution is 2.13. The average Bonchev–Trinajstić information content (AvgIpc) is 2.43. The Hall–Kier alpha value is -2.30. The number of rotatable bonds is 5. The second-order valence-corrected chi connectivity index (χ2v) is 3.29. The number of hydrogen-bond donors (Lipinski definition) is 0. The van der Waals surface area contributed by atoms with Gasteiger partial charge in [0.2, 0.25) is 0 Å². The lowest BCUT2D eigenvalue weighted by Gasteiger charge is -2.04. The third kappa shape index (κ3) is 4.69. The Balaban J connectivity index is 2.55. The monoisotopic (exact) mass is 250 g/mol. The number of methoxy groups -OCH3 is 2. The molecule has 0 bridgehead atoms. The molecule has 0 radical (unpaired) electrons. The molecule has 0 atom stereocenters. The van der Waals surface area contributed by atoms with Gasteiger partial charge in [-0.15, -0.1) is 0 Å². The van der Waals surface area contributed by atoms with Gasteiger partial charge in [-0.1, -0.05) is 12.1 Å². The summed E-state index contributed by atoms with van der Waals surface area (Å²) in [7, 11) is 2.61. The minimum atomic E-state index is -0.440. The van der Waals surface area contributed by atoms with Crippen molar-refractivity contribution in [2.45, 2.75) is 0 Å². The van der Waals surface area contributed by atoms with E-state index in [0.717, 1.165) is 5.56 Å². The minimum absolute atomic E-state index is 0.131. The molecule has 0 fully saturated rings. The van der Waals surface area contributed by atoms with E-state index in [4.69, 9.17) is 4.74 Å². The molecule has 0 amide bonds. The fourth-order valence-electron chi connectivity index (χ4n) is 1.11. The van der Waals surface area contributed by atoms with Gasteiger partial charge in [-0.25, -0.2) is 9.59 Å². The van der Waals surface area contributed by atoms with Gasteiger partial charge in [-0.3, -0.25) is 0 Å². The summed E-state index contributed by atoms with van der Waals surface area (Å²) in [4.78, 5) is 21.7. The molecule has 0 saturated heterocycles. The van der Waals surface area contributed by atoms with E-state index in [9.17, 15) is 9.59 Å². The maximum absolute atomic E-state index is 10.9. The smallest absolute Gasteiger partial charge is 0.343 e. The Morgan fingerprint density at radius 2 is 1.78 bits per heavy atom. The lowest BCUT2D eigenvalue weighted by atomic mass is 10.2. The Morgan fingerprint density at radius 1 is 1.11 bits per heavy atom. The van der Waals surface area contributed by atoms with Crippen LogP contribution in [0.5, 0.6) is 5.75 Å². The normalized spacial score (nSPS) is 10.1. The second-order valence-electron chi connectivity index (χ2n) is 3.29. The summed E-state index contributed by atoms with van der Waals surface area (Å²) in [5, 5.41) is 0. The van der Waals surface area contributed by atoms with Crippen LogP contribution in [0.25, 0.3) is 6.08 Å². The number of benzene rings is 1. The fourth-order valence-corrected chi connectivity index (χ4v) is 1.11. The predicted molar refractivity (Wildman–Crippen MR) is 65.0 cm³/mol. The summed E-state index contributed by atoms with van der Waals surface area (Å²) in [6.45, 7) is -0.131. The molecule has 0 aliphatic heterocycles. The Morgan fingerprint density at radius 3 is 2.33 bits per heavy atom. The van der Waals surface area contributed by atoms with Crippen LogP contribution in [-0.2, 0) is 19.1 Å². The van der Waals surface area contributed by atoms with Crippen molar-refractivity contribution in [3.8, 4) is 5.75 Å². The van der Waals surface area contributed by atoms with Crippen molar-refractivity contribution in [1.29, 1.82) is 0 Å². The van der Waals surface area contributed by atoms with Gasteiger partial charge in [-0.05, 0) is 23.8 Å². The SMILES string of the molecule is COC(=O)/C=C/c1ccc(OCC(=O)OC)cc1. The van der Waals surface area contributed by atoms with Crippen LogP contribution >= 0.6 is 0 Å². The first kappa shape index (κ1) is 13.8. The van der Waals surface area contributed by atoms with Gasteiger partial charge in [0, 0.05) is 6.08 Å². The van der Waals surface area contributed by atoms with Crippen molar-refractivity contribution in [1.82, 2.24) is 0 Å². The van der Waals surface area contributed by atoms with Crippen molar-refractivity contribution in [2.75, 3.05) is 20.8 Å². The summed E-state index contributed by atoms with van der Waals surface area (Å²) in [5.41, 5.74) is 0.825. The zero-order valence-corrected chi connectivity index (χ0v) is 10.2. The molecule has 0 unspecified atom stereocenters. The van der Waals surface area contributed by atoms with Gasteiger partial charge in [0.15, 0.2) is 6.61 Å². The van der Waals surface area contributed by atoms with E-state index in [2.05, 4.69) is 9.47 Å². The van der Waals surface area contributed by atoms with Crippen molar-refractivity contribution in [2.24, 2.45) is 0 Å². The molecule has 0 heterocycles. The lowest BCUT2D eigenvalue weighted by molar-refractivity contribution is -0.143. The Bertz CT molecular complexity index is 433. The van der Waals surface area contributed by atoms with Crippen LogP contribution in [0.15, 0.2) is 30.3 Å². The zero-order chi connectivity index (χ0) is 13.4. The van der Waals surface area contributed by atoms with E-state index >= 15 is 0 Å². The molecule has 0 N–H and O–H groups in total. The maximum atomic E-state index is 10.9. The third-order valence-electron chi connectivity index (χ3n) is 2.08. The van der Waals surface area contributed by atoms with Crippen molar-refractivity contribution in [3.63, 3.8) is 0 Å². The van der Waals surface area contributed by atoms with Crippen molar-refractivity contribution in [3.05, 3.63) is 35.9 Å². The topological polar surface area (TPSA) is 61.8 Å². The molecule has 0 spiro atoms. The van der Waals surface area contributed by atoms with Crippen LogP contribution < -0.4 is 4.74 Å². The van der Waals surface area contributed by atoms with Crippen LogP contribution in [0.1, 0.15) is 5.56 Å². The van der Waals surface area contributed by atoms with Crippen LogP contribution in [0.4, 0.5) is 0 Å². The minimum Gasteiger partial charge on any atom is -0.482 e. The lowest BCUT2D eigenvalue weighted by Crippen LogP contribution is -2.12. The molecule has 5 heteroatoms. The molecular weight excluding hydrogens is 236 g/mol. The van der Waals surface area contributed by atoms with Gasteiger partial charge >= 0.3 is 11.9 Å². The summed E-state index contributed by atoms with van der Waals surface area (Å²) >= 11 is 0. The first-order valence-electron chi connectivity index (χ1n) is 5.21. The van der Waals surface area contributed by atoms with E-state index < -0.39 is 11.9 Å². The molecule has 1 rings (SSSR count). The highest BCUT2D eigenvalue weighted by molar-refractivity contribution is 5.86. The number of hydrogen-bond acceptors (Lipinski definition) is 5. The van der Waals surface area contributed by atoms with E-state index in [1.54, 1.807) is 30.3 Å². The first-order valence-corrected chi connectivity index (χ1v) is 5.21. The third-order valence-corrected chi connectivity index (χ3v) is 2.08. The molecular formula is C13H14O5. The van der Waals surface area contributed by atoms with E-state index in [1.165, 1.54) is 20.3 Å². The van der Waals surface area contributed by atoms with Gasteiger partial charge in [0.05, 0.1) is 14.2 Å². The molecule has 96 valence electrons. The van der Waals surface area contributed by atoms with Crippen molar-refractivity contribution < 1.29 is 23.8 Å². The molecule has 1 aromatic carbocycles. The van der Waals surface area contributed by atoms with E-state index in [1.807, 2.05) is 0 Å². The summed E-state index contributed by atoms with van der Waals surface area (Å²) in [5.74, 6) is -0.304. The Kier molecular flexibility index (Phi) is 5.44. The molecule has 0 aliphatic rings. The number of ether oxygens (including phenoxy) is 3.